The number of rotatable bonds is 3. The summed E-state index contributed by atoms with van der Waals surface area (Å²) >= 11 is 0. The topological polar surface area (TPSA) is 127 Å². The van der Waals surface area contributed by atoms with Crippen LogP contribution in [0.2, 0.25) is 0 Å². The number of allylic oxidation sites excluding steroid dienone is 1. The molecule has 5 aliphatic rings. The third kappa shape index (κ3) is 2.23. The predicted molar refractivity (Wildman–Crippen MR) is 109 cm³/mol. The molecule has 0 saturated heterocycles. The Morgan fingerprint density at radius 1 is 1.26 bits per heavy atom. The average molecular weight is 419 g/mol. The van der Waals surface area contributed by atoms with E-state index in [1.165, 1.54) is 0 Å². The molecule has 5 aliphatic carbocycles. The summed E-state index contributed by atoms with van der Waals surface area (Å²) in [6.45, 7) is 0. The van der Waals surface area contributed by atoms with Crippen molar-refractivity contribution in [2.45, 2.75) is 50.0 Å². The molecule has 9 heteroatoms. The third-order valence-electron chi connectivity index (χ3n) is 8.06. The molecule has 8 rings (SSSR count). The second kappa shape index (κ2) is 5.72. The first-order valence-corrected chi connectivity index (χ1v) is 10.9. The highest BCUT2D eigenvalue weighted by Gasteiger charge is 2.59. The van der Waals surface area contributed by atoms with Crippen molar-refractivity contribution in [2.24, 2.45) is 17.8 Å². The molecule has 3 aromatic rings. The van der Waals surface area contributed by atoms with E-state index in [0.717, 1.165) is 60.8 Å². The van der Waals surface area contributed by atoms with E-state index >= 15 is 0 Å². The fourth-order valence-corrected chi connectivity index (χ4v) is 7.30. The molecule has 3 aromatic heterocycles. The number of nitrogens with zero attached hydrogens (tertiary/aromatic N) is 4. The molecule has 3 heterocycles. The number of carbonyl (C=O) groups is 1. The van der Waals surface area contributed by atoms with Crippen LogP contribution in [0.5, 0.6) is 0 Å². The van der Waals surface area contributed by atoms with E-state index in [-0.39, 0.29) is 23.0 Å². The maximum Gasteiger partial charge on any atom is 0.377 e. The highest BCUT2D eigenvalue weighted by atomic mass is 16.5. The lowest BCUT2D eigenvalue weighted by Gasteiger charge is -2.58. The van der Waals surface area contributed by atoms with Crippen molar-refractivity contribution in [1.82, 2.24) is 24.7 Å². The van der Waals surface area contributed by atoms with Gasteiger partial charge in [-0.3, -0.25) is 9.55 Å². The molecule has 4 fully saturated rings. The van der Waals surface area contributed by atoms with Gasteiger partial charge in [0.15, 0.2) is 0 Å². The Labute approximate surface area is 176 Å². The van der Waals surface area contributed by atoms with Crippen LogP contribution >= 0.6 is 0 Å². The first-order chi connectivity index (χ1) is 15.0. The van der Waals surface area contributed by atoms with Crippen LogP contribution in [0.1, 0.15) is 65.9 Å². The number of hydrogen-bond donors (Lipinski definition) is 2. The van der Waals surface area contributed by atoms with Crippen molar-refractivity contribution in [1.29, 1.82) is 0 Å². The molecule has 31 heavy (non-hydrogen) atoms. The van der Waals surface area contributed by atoms with Gasteiger partial charge in [-0.05, 0) is 55.0 Å². The summed E-state index contributed by atoms with van der Waals surface area (Å²) in [7, 11) is 0. The Balaban J connectivity index is 1.34. The number of imidazole rings is 1. The second-order valence-corrected chi connectivity index (χ2v) is 9.76. The summed E-state index contributed by atoms with van der Waals surface area (Å²) in [4.78, 5) is 36.2. The summed E-state index contributed by atoms with van der Waals surface area (Å²) in [5.41, 5.74) is 3.51. The van der Waals surface area contributed by atoms with E-state index in [2.05, 4.69) is 32.3 Å². The quantitative estimate of drug-likeness (QED) is 0.668. The maximum absolute atomic E-state index is 13.1. The highest BCUT2D eigenvalue weighted by molar-refractivity contribution is 5.87. The molecular weight excluding hydrogens is 398 g/mol. The normalized spacial score (nSPS) is 32.8. The van der Waals surface area contributed by atoms with Crippen LogP contribution in [0.15, 0.2) is 21.6 Å². The summed E-state index contributed by atoms with van der Waals surface area (Å²) in [6, 6.07) is 0.119. The Morgan fingerprint density at radius 2 is 2.06 bits per heavy atom. The molecule has 2 N–H and O–H groups in total. The van der Waals surface area contributed by atoms with Gasteiger partial charge in [-0.15, -0.1) is 0 Å². The largest absolute Gasteiger partial charge is 0.475 e. The van der Waals surface area contributed by atoms with Gasteiger partial charge >= 0.3 is 11.7 Å². The second-order valence-electron chi connectivity index (χ2n) is 9.76. The van der Waals surface area contributed by atoms with Crippen LogP contribution in [0, 0.1) is 17.8 Å². The Morgan fingerprint density at radius 3 is 2.81 bits per heavy atom. The van der Waals surface area contributed by atoms with Crippen molar-refractivity contribution in [3.63, 3.8) is 0 Å². The molecule has 9 nitrogen and oxygen atoms in total. The molecule has 0 aromatic carbocycles. The molecule has 158 valence electrons. The van der Waals surface area contributed by atoms with Crippen molar-refractivity contribution in [3.8, 4) is 0 Å². The van der Waals surface area contributed by atoms with Gasteiger partial charge in [0.2, 0.25) is 5.89 Å². The Hall–Kier alpha value is -3.23. The minimum atomic E-state index is -1.17. The van der Waals surface area contributed by atoms with E-state index in [9.17, 15) is 14.7 Å². The number of aromatic nitrogens is 5. The van der Waals surface area contributed by atoms with Gasteiger partial charge in [-0.25, -0.2) is 9.59 Å². The zero-order valence-electron chi connectivity index (χ0n) is 16.7. The zero-order valence-corrected chi connectivity index (χ0v) is 16.7. The van der Waals surface area contributed by atoms with Gasteiger partial charge in [0.1, 0.15) is 0 Å². The van der Waals surface area contributed by atoms with E-state index in [0.29, 0.717) is 23.6 Å². The molecule has 0 amide bonds. The number of carboxylic acids is 1. The molecule has 4 saturated carbocycles. The number of pyridine rings is 1. The van der Waals surface area contributed by atoms with Gasteiger partial charge in [0.25, 0.3) is 5.82 Å². The number of aromatic carboxylic acids is 1. The standard InChI is InChI=1S/C22H21N5O4/c28-19(29)18-25-20(31-26-18)22-6-10-4-11(7-22)16(12(5-10)8-22)27-17-13-2-1-3-14(13)23-9-15(17)24-21(27)30/h1-2,9-12,16H,3-8H2,(H,24,30)(H,28,29). The summed E-state index contributed by atoms with van der Waals surface area (Å²) in [5.74, 6) is 0.197. The summed E-state index contributed by atoms with van der Waals surface area (Å²) < 4.78 is 7.46. The number of aromatic amines is 1. The van der Waals surface area contributed by atoms with Crippen LogP contribution in [-0.4, -0.2) is 35.8 Å². The van der Waals surface area contributed by atoms with Crippen molar-refractivity contribution in [3.05, 3.63) is 45.7 Å². The molecule has 2 unspecified atom stereocenters. The lowest BCUT2D eigenvalue weighted by atomic mass is 9.47. The van der Waals surface area contributed by atoms with E-state index in [4.69, 9.17) is 4.52 Å². The Bertz CT molecular complexity index is 1330. The van der Waals surface area contributed by atoms with E-state index in [1.54, 1.807) is 6.20 Å². The first kappa shape index (κ1) is 17.5. The first-order valence-electron chi connectivity index (χ1n) is 10.9. The molecule has 4 bridgehead atoms. The fourth-order valence-electron chi connectivity index (χ4n) is 7.30. The highest BCUT2D eigenvalue weighted by Crippen LogP contribution is 2.64. The smallest absolute Gasteiger partial charge is 0.377 e. The number of fused-ring (bicyclic) bond motifs is 3. The van der Waals surface area contributed by atoms with Crippen LogP contribution in [0.4, 0.5) is 0 Å². The molecule has 0 spiro atoms. The van der Waals surface area contributed by atoms with Gasteiger partial charge in [0, 0.05) is 18.0 Å². The minimum Gasteiger partial charge on any atom is -0.475 e. The van der Waals surface area contributed by atoms with Crippen LogP contribution < -0.4 is 5.69 Å². The molecule has 0 radical (unpaired) electrons. The maximum atomic E-state index is 13.1. The van der Waals surface area contributed by atoms with Crippen molar-refractivity contribution < 1.29 is 14.4 Å². The lowest BCUT2D eigenvalue weighted by molar-refractivity contribution is -0.0600. The minimum absolute atomic E-state index is 0.0667. The molecular formula is C22H21N5O4. The lowest BCUT2D eigenvalue weighted by Crippen LogP contribution is -2.54. The van der Waals surface area contributed by atoms with Gasteiger partial charge in [-0.2, -0.15) is 4.98 Å². The number of H-pyrrole nitrogens is 1. The van der Waals surface area contributed by atoms with Crippen molar-refractivity contribution in [2.75, 3.05) is 0 Å². The van der Waals surface area contributed by atoms with Gasteiger partial charge < -0.3 is 14.6 Å². The van der Waals surface area contributed by atoms with E-state index < -0.39 is 5.97 Å². The summed E-state index contributed by atoms with van der Waals surface area (Å²) in [5, 5.41) is 12.9. The monoisotopic (exact) mass is 419 g/mol. The van der Waals surface area contributed by atoms with E-state index in [1.807, 2.05) is 4.57 Å². The fraction of sp³-hybridized carbons (Fsp3) is 0.500. The average Bonchev–Trinajstić information content (AvgIpc) is 3.45. The number of carboxylic acid groups (broad SMARTS) is 1. The van der Waals surface area contributed by atoms with Gasteiger partial charge in [0.05, 0.1) is 28.3 Å². The zero-order chi connectivity index (χ0) is 20.9. The van der Waals surface area contributed by atoms with Crippen LogP contribution in [-0.2, 0) is 11.8 Å². The SMILES string of the molecule is O=C(O)c1noc(C23CC4CC(C2)C(n2c(=O)[nH]c5cnc6c(c52)C=CC6)C(C4)C3)n1. The Kier molecular flexibility index (Phi) is 3.22. The van der Waals surface area contributed by atoms with Gasteiger partial charge in [-0.1, -0.05) is 12.2 Å². The number of hydrogen-bond acceptors (Lipinski definition) is 6. The van der Waals surface area contributed by atoms with Crippen molar-refractivity contribution >= 4 is 23.1 Å². The molecule has 2 atom stereocenters. The summed E-state index contributed by atoms with van der Waals surface area (Å²) in [6.07, 6.45) is 11.6. The number of nitrogens with one attached hydrogen (secondary N) is 1. The molecule has 0 aliphatic heterocycles. The third-order valence-corrected chi connectivity index (χ3v) is 8.06. The predicted octanol–water partition coefficient (Wildman–Crippen LogP) is 2.69. The van der Waals surface area contributed by atoms with Crippen LogP contribution in [0.25, 0.3) is 17.1 Å². The van der Waals surface area contributed by atoms with Crippen LogP contribution in [0.3, 0.4) is 0 Å².